The van der Waals surface area contributed by atoms with Crippen LogP contribution >= 0.6 is 0 Å². The molecular weight excluding hydrogens is 245 g/mol. The molecule has 1 aromatic rings. The van der Waals surface area contributed by atoms with Gasteiger partial charge in [-0.1, -0.05) is 32.9 Å². The van der Waals surface area contributed by atoms with Gasteiger partial charge in [-0.3, -0.25) is 4.79 Å². The van der Waals surface area contributed by atoms with Gasteiger partial charge in [0.15, 0.2) is 5.60 Å². The molecule has 0 bridgehead atoms. The fourth-order valence-electron chi connectivity index (χ4n) is 3.09. The molecule has 4 heteroatoms. The molecule has 1 unspecified atom stereocenters. The maximum absolute atomic E-state index is 13.4. The predicted molar refractivity (Wildman–Crippen MR) is 70.9 cm³/mol. The van der Waals surface area contributed by atoms with Crippen molar-refractivity contribution >= 4 is 5.91 Å². The number of benzene rings is 1. The number of likely N-dealkylation sites (tertiary alicyclic amines) is 1. The highest BCUT2D eigenvalue weighted by Crippen LogP contribution is 2.55. The average Bonchev–Trinajstić information content (AvgIpc) is 2.34. The molecule has 1 heterocycles. The molecule has 1 N–H and O–H groups in total. The summed E-state index contributed by atoms with van der Waals surface area (Å²) in [7, 11) is 1.63. The minimum Gasteiger partial charge on any atom is -0.377 e. The molecule has 0 aromatic heterocycles. The van der Waals surface area contributed by atoms with Gasteiger partial charge in [0, 0.05) is 12.5 Å². The summed E-state index contributed by atoms with van der Waals surface area (Å²) in [5.41, 5.74) is -2.50. The zero-order valence-corrected chi connectivity index (χ0v) is 12.0. The van der Waals surface area contributed by atoms with Gasteiger partial charge in [0.25, 0.3) is 5.91 Å². The van der Waals surface area contributed by atoms with Crippen molar-refractivity contribution in [1.29, 1.82) is 0 Å². The lowest BCUT2D eigenvalue weighted by atomic mass is 9.56. The Morgan fingerprint density at radius 2 is 1.89 bits per heavy atom. The van der Waals surface area contributed by atoms with Gasteiger partial charge in [-0.05, 0) is 24.6 Å². The number of rotatable bonds is 1. The molecule has 1 saturated heterocycles. The van der Waals surface area contributed by atoms with Crippen LogP contribution < -0.4 is 0 Å². The number of likely N-dealkylation sites (N-methyl/N-ethyl adjacent to an activating group) is 1. The van der Waals surface area contributed by atoms with E-state index in [1.54, 1.807) is 26.1 Å². The largest absolute Gasteiger partial charge is 0.377 e. The Hall–Kier alpha value is -1.42. The van der Waals surface area contributed by atoms with E-state index in [1.807, 2.05) is 20.8 Å². The average molecular weight is 265 g/mol. The first-order chi connectivity index (χ1) is 8.56. The molecule has 0 saturated carbocycles. The third kappa shape index (κ3) is 1.49. The summed E-state index contributed by atoms with van der Waals surface area (Å²) >= 11 is 0. The second kappa shape index (κ2) is 3.79. The monoisotopic (exact) mass is 265 g/mol. The summed E-state index contributed by atoms with van der Waals surface area (Å²) in [6.45, 7) is 7.22. The number of hydrogen-bond donors (Lipinski definition) is 1. The maximum Gasteiger partial charge on any atom is 0.258 e. The van der Waals surface area contributed by atoms with Crippen molar-refractivity contribution in [2.75, 3.05) is 7.05 Å². The molecule has 1 fully saturated rings. The molecule has 0 aliphatic carbocycles. The second-order valence-electron chi connectivity index (χ2n) is 6.41. The van der Waals surface area contributed by atoms with Crippen LogP contribution in [0.1, 0.15) is 33.3 Å². The van der Waals surface area contributed by atoms with Crippen molar-refractivity contribution in [1.82, 2.24) is 4.90 Å². The van der Waals surface area contributed by atoms with Crippen molar-refractivity contribution < 1.29 is 14.3 Å². The lowest BCUT2D eigenvalue weighted by molar-refractivity contribution is -0.241. The Kier molecular flexibility index (Phi) is 2.79. The van der Waals surface area contributed by atoms with E-state index >= 15 is 0 Å². The Balaban J connectivity index is 2.62. The molecule has 1 aromatic carbocycles. The van der Waals surface area contributed by atoms with E-state index in [0.29, 0.717) is 5.56 Å². The normalized spacial score (nSPS) is 31.3. The van der Waals surface area contributed by atoms with E-state index in [2.05, 4.69) is 0 Å². The summed E-state index contributed by atoms with van der Waals surface area (Å²) in [5.74, 6) is -0.700. The van der Waals surface area contributed by atoms with Crippen LogP contribution in [0.5, 0.6) is 0 Å². The number of aliphatic hydroxyl groups is 1. The van der Waals surface area contributed by atoms with E-state index in [9.17, 15) is 14.3 Å². The minimum atomic E-state index is -1.54. The van der Waals surface area contributed by atoms with Crippen LogP contribution in [0.2, 0.25) is 0 Å². The Labute approximate surface area is 113 Å². The molecule has 104 valence electrons. The lowest BCUT2D eigenvalue weighted by Crippen LogP contribution is -2.82. The van der Waals surface area contributed by atoms with Gasteiger partial charge in [-0.15, -0.1) is 0 Å². The van der Waals surface area contributed by atoms with Crippen LogP contribution in [-0.4, -0.2) is 28.6 Å². The quantitative estimate of drug-likeness (QED) is 0.791. The molecule has 2 rings (SSSR count). The van der Waals surface area contributed by atoms with Gasteiger partial charge in [0.1, 0.15) is 11.4 Å². The summed E-state index contributed by atoms with van der Waals surface area (Å²) in [4.78, 5) is 13.7. The van der Waals surface area contributed by atoms with E-state index in [4.69, 9.17) is 0 Å². The highest BCUT2D eigenvalue weighted by atomic mass is 19.1. The fraction of sp³-hybridized carbons (Fsp3) is 0.533. The van der Waals surface area contributed by atoms with Crippen LogP contribution in [0, 0.1) is 11.2 Å². The Morgan fingerprint density at radius 3 is 2.37 bits per heavy atom. The van der Waals surface area contributed by atoms with E-state index in [-0.39, 0.29) is 11.7 Å². The molecule has 1 amide bonds. The predicted octanol–water partition coefficient (Wildman–Crippen LogP) is 2.29. The maximum atomic E-state index is 13.4. The second-order valence-corrected chi connectivity index (χ2v) is 6.41. The zero-order chi connectivity index (χ0) is 14.6. The number of carbonyl (C=O) groups excluding carboxylic acids is 1. The van der Waals surface area contributed by atoms with Crippen LogP contribution in [-0.2, 0) is 10.3 Å². The number of amides is 1. The molecular formula is C15H20FNO2. The van der Waals surface area contributed by atoms with Gasteiger partial charge >= 0.3 is 0 Å². The van der Waals surface area contributed by atoms with E-state index < -0.39 is 16.6 Å². The molecule has 1 aliphatic rings. The Bertz CT molecular complexity index is 537. The highest BCUT2D eigenvalue weighted by Gasteiger charge is 2.72. The topological polar surface area (TPSA) is 40.5 Å². The lowest BCUT2D eigenvalue weighted by Gasteiger charge is -2.64. The summed E-state index contributed by atoms with van der Waals surface area (Å²) in [6, 6.07) is 6.06. The summed E-state index contributed by atoms with van der Waals surface area (Å²) < 4.78 is 13.4. The van der Waals surface area contributed by atoms with Crippen molar-refractivity contribution in [3.05, 3.63) is 35.6 Å². The first-order valence-electron chi connectivity index (χ1n) is 6.33. The first-order valence-corrected chi connectivity index (χ1v) is 6.33. The third-order valence-corrected chi connectivity index (χ3v) is 4.46. The van der Waals surface area contributed by atoms with Gasteiger partial charge in [-0.25, -0.2) is 4.39 Å². The minimum absolute atomic E-state index is 0.327. The van der Waals surface area contributed by atoms with Crippen molar-refractivity contribution in [2.45, 2.75) is 38.8 Å². The van der Waals surface area contributed by atoms with Crippen LogP contribution in [0.15, 0.2) is 24.3 Å². The van der Waals surface area contributed by atoms with E-state index in [1.165, 1.54) is 17.0 Å². The number of nitrogens with zero attached hydrogens (tertiary/aromatic N) is 1. The highest BCUT2D eigenvalue weighted by molar-refractivity contribution is 5.95. The van der Waals surface area contributed by atoms with Gasteiger partial charge in [0.05, 0.1) is 0 Å². The standard InChI is InChI=1S/C15H20FNO2/c1-13(2,3)15(19)12(18)17(5)14(15,4)10-7-6-8-11(16)9-10/h6-9,19H,1-5H3/t14-,15?/m1/s1. The number of β-lactam (4-membered cyclic amide) rings is 1. The third-order valence-electron chi connectivity index (χ3n) is 4.46. The molecule has 1 aliphatic heterocycles. The van der Waals surface area contributed by atoms with Crippen LogP contribution in [0.25, 0.3) is 0 Å². The number of hydrogen-bond acceptors (Lipinski definition) is 2. The summed E-state index contributed by atoms with van der Waals surface area (Å²) in [6.07, 6.45) is 0. The fourth-order valence-corrected chi connectivity index (χ4v) is 3.09. The van der Waals surface area contributed by atoms with Gasteiger partial charge in [-0.2, -0.15) is 0 Å². The Morgan fingerprint density at radius 1 is 1.32 bits per heavy atom. The molecule has 0 radical (unpaired) electrons. The van der Waals surface area contributed by atoms with Crippen LogP contribution in [0.4, 0.5) is 4.39 Å². The van der Waals surface area contributed by atoms with Crippen molar-refractivity contribution in [2.24, 2.45) is 5.41 Å². The summed E-state index contributed by atoms with van der Waals surface area (Å²) in [5, 5.41) is 10.9. The van der Waals surface area contributed by atoms with Crippen molar-refractivity contribution in [3.8, 4) is 0 Å². The SMILES string of the molecule is CN1C(=O)C(O)(C(C)(C)C)[C@@]1(C)c1cccc(F)c1. The van der Waals surface area contributed by atoms with Crippen molar-refractivity contribution in [3.63, 3.8) is 0 Å². The van der Waals surface area contributed by atoms with Crippen LogP contribution in [0.3, 0.4) is 0 Å². The van der Waals surface area contributed by atoms with Gasteiger partial charge in [0.2, 0.25) is 0 Å². The number of carbonyl (C=O) groups is 1. The first kappa shape index (κ1) is 14.0. The molecule has 0 spiro atoms. The van der Waals surface area contributed by atoms with Gasteiger partial charge < -0.3 is 10.0 Å². The molecule has 19 heavy (non-hydrogen) atoms. The number of halogens is 1. The zero-order valence-electron chi connectivity index (χ0n) is 12.0. The molecule has 3 nitrogen and oxygen atoms in total. The van der Waals surface area contributed by atoms with E-state index in [0.717, 1.165) is 0 Å². The molecule has 2 atom stereocenters. The smallest absolute Gasteiger partial charge is 0.258 e.